The van der Waals surface area contributed by atoms with Crippen molar-refractivity contribution in [2.24, 2.45) is 11.3 Å². The molecule has 0 aromatic heterocycles. The Kier molecular flexibility index (Phi) is 1.46. The predicted octanol–water partition coefficient (Wildman–Crippen LogP) is 2.39. The summed E-state index contributed by atoms with van der Waals surface area (Å²) in [6.45, 7) is 1.94. The molecule has 2 aliphatic carbocycles. The molecule has 4 saturated heterocycles. The molecule has 6 rings (SSSR count). The standard InChI is InChI=1S/C13H18O3/c1-11-7-4-9-8-12(16-11)5-2-3-6-13(9,12)10(14)15-11/h9H,2-8H2,1H3/t9?,11-,12+,13+/m0/s1. The van der Waals surface area contributed by atoms with Gasteiger partial charge < -0.3 is 9.47 Å². The second-order valence-electron chi connectivity index (χ2n) is 6.24. The van der Waals surface area contributed by atoms with Crippen LogP contribution in [-0.4, -0.2) is 17.4 Å². The Hall–Kier alpha value is -0.570. The Morgan fingerprint density at radius 1 is 1.25 bits per heavy atom. The lowest BCUT2D eigenvalue weighted by Crippen LogP contribution is -2.73. The van der Waals surface area contributed by atoms with Crippen molar-refractivity contribution in [3.05, 3.63) is 0 Å². The molecule has 88 valence electrons. The van der Waals surface area contributed by atoms with Crippen LogP contribution in [0, 0.1) is 11.3 Å². The normalized spacial score (nSPS) is 58.3. The minimum absolute atomic E-state index is 0.0506. The molecule has 0 radical (unpaired) electrons. The minimum atomic E-state index is -0.622. The Bertz CT molecular complexity index is 379. The van der Waals surface area contributed by atoms with E-state index in [0.717, 1.165) is 38.5 Å². The van der Waals surface area contributed by atoms with Gasteiger partial charge in [0.15, 0.2) is 0 Å². The van der Waals surface area contributed by atoms with Gasteiger partial charge in [0.2, 0.25) is 5.79 Å². The zero-order chi connectivity index (χ0) is 11.0. The Morgan fingerprint density at radius 3 is 2.94 bits per heavy atom. The molecule has 0 amide bonds. The van der Waals surface area contributed by atoms with Gasteiger partial charge in [0, 0.05) is 13.3 Å². The summed E-state index contributed by atoms with van der Waals surface area (Å²) in [6, 6.07) is 0. The molecule has 4 aliphatic heterocycles. The summed E-state index contributed by atoms with van der Waals surface area (Å²) in [5.41, 5.74) is -0.391. The van der Waals surface area contributed by atoms with E-state index in [9.17, 15) is 4.79 Å². The van der Waals surface area contributed by atoms with Crippen molar-refractivity contribution >= 4 is 5.97 Å². The first kappa shape index (κ1) is 9.46. The van der Waals surface area contributed by atoms with E-state index >= 15 is 0 Å². The summed E-state index contributed by atoms with van der Waals surface area (Å²) >= 11 is 0. The molecule has 1 unspecified atom stereocenters. The third-order valence-corrected chi connectivity index (χ3v) is 5.52. The van der Waals surface area contributed by atoms with E-state index in [1.807, 2.05) is 6.92 Å². The molecule has 6 fully saturated rings. The molecule has 6 aliphatic rings. The highest BCUT2D eigenvalue weighted by molar-refractivity contribution is 5.82. The molecule has 2 saturated carbocycles. The monoisotopic (exact) mass is 222 g/mol. The average molecular weight is 222 g/mol. The molecular formula is C13H18O3. The van der Waals surface area contributed by atoms with Gasteiger partial charge in [-0.2, -0.15) is 0 Å². The van der Waals surface area contributed by atoms with Crippen LogP contribution in [0.2, 0.25) is 0 Å². The van der Waals surface area contributed by atoms with Gasteiger partial charge >= 0.3 is 5.97 Å². The van der Waals surface area contributed by atoms with E-state index < -0.39 is 5.79 Å². The first-order chi connectivity index (χ1) is 7.60. The molecule has 0 N–H and O–H groups in total. The van der Waals surface area contributed by atoms with Gasteiger partial charge in [-0.15, -0.1) is 0 Å². The van der Waals surface area contributed by atoms with Crippen molar-refractivity contribution in [2.45, 2.75) is 63.3 Å². The fraction of sp³-hybridized carbons (Fsp3) is 0.923. The van der Waals surface area contributed by atoms with Gasteiger partial charge in [0.25, 0.3) is 0 Å². The van der Waals surface area contributed by atoms with E-state index in [4.69, 9.17) is 9.47 Å². The molecule has 16 heavy (non-hydrogen) atoms. The Morgan fingerprint density at radius 2 is 2.06 bits per heavy atom. The van der Waals surface area contributed by atoms with Crippen LogP contribution in [0.25, 0.3) is 0 Å². The molecule has 4 bridgehead atoms. The van der Waals surface area contributed by atoms with Gasteiger partial charge in [-0.1, -0.05) is 12.8 Å². The van der Waals surface area contributed by atoms with E-state index in [2.05, 4.69) is 0 Å². The molecule has 3 heteroatoms. The maximum absolute atomic E-state index is 12.4. The van der Waals surface area contributed by atoms with Crippen molar-refractivity contribution in [1.82, 2.24) is 0 Å². The number of hydrogen-bond donors (Lipinski definition) is 0. The van der Waals surface area contributed by atoms with E-state index in [1.54, 1.807) is 0 Å². The van der Waals surface area contributed by atoms with Crippen molar-refractivity contribution in [1.29, 1.82) is 0 Å². The number of carbonyl (C=O) groups is 1. The third-order valence-electron chi connectivity index (χ3n) is 5.52. The summed E-state index contributed by atoms with van der Waals surface area (Å²) in [6.07, 6.45) is 7.50. The van der Waals surface area contributed by atoms with Gasteiger partial charge in [0.1, 0.15) is 5.41 Å². The highest BCUT2D eigenvalue weighted by atomic mass is 16.7. The van der Waals surface area contributed by atoms with Crippen LogP contribution in [0.4, 0.5) is 0 Å². The highest BCUT2D eigenvalue weighted by Crippen LogP contribution is 2.71. The molecule has 4 atom stereocenters. The number of fused-ring (bicyclic) bond motifs is 1. The summed E-state index contributed by atoms with van der Waals surface area (Å²) < 4.78 is 11.9. The lowest BCUT2D eigenvalue weighted by Gasteiger charge is -2.66. The molecule has 0 aromatic rings. The number of rotatable bonds is 0. The summed E-state index contributed by atoms with van der Waals surface area (Å²) in [5, 5.41) is 0. The van der Waals surface area contributed by atoms with Gasteiger partial charge in [-0.05, 0) is 31.6 Å². The van der Waals surface area contributed by atoms with Crippen molar-refractivity contribution in [3.63, 3.8) is 0 Å². The molecular weight excluding hydrogens is 204 g/mol. The van der Waals surface area contributed by atoms with Crippen LogP contribution in [0.5, 0.6) is 0 Å². The summed E-state index contributed by atoms with van der Waals surface area (Å²) in [5.74, 6) is -0.0391. The quantitative estimate of drug-likeness (QED) is 0.590. The zero-order valence-corrected chi connectivity index (χ0v) is 9.75. The first-order valence-corrected chi connectivity index (χ1v) is 6.54. The van der Waals surface area contributed by atoms with Gasteiger partial charge in [-0.25, -0.2) is 0 Å². The highest BCUT2D eigenvalue weighted by Gasteiger charge is 2.77. The Balaban J connectivity index is 1.89. The fourth-order valence-electron chi connectivity index (χ4n) is 4.81. The second kappa shape index (κ2) is 2.47. The fourth-order valence-corrected chi connectivity index (χ4v) is 4.81. The summed E-state index contributed by atoms with van der Waals surface area (Å²) in [4.78, 5) is 12.4. The molecule has 4 heterocycles. The number of ether oxygens (including phenoxy) is 2. The number of hydrogen-bond acceptors (Lipinski definition) is 3. The van der Waals surface area contributed by atoms with Crippen molar-refractivity contribution < 1.29 is 14.3 Å². The minimum Gasteiger partial charge on any atom is -0.433 e. The van der Waals surface area contributed by atoms with Crippen LogP contribution >= 0.6 is 0 Å². The van der Waals surface area contributed by atoms with Gasteiger partial charge in [0.05, 0.1) is 5.60 Å². The van der Waals surface area contributed by atoms with E-state index in [0.29, 0.717) is 5.92 Å². The molecule has 3 nitrogen and oxygen atoms in total. The maximum Gasteiger partial charge on any atom is 0.317 e. The SMILES string of the molecule is C[C@]12CCC3C[C@@]4(CCCC[C@]34C(=O)O1)O2. The number of esters is 1. The number of carbonyl (C=O) groups excluding carboxylic acids is 1. The topological polar surface area (TPSA) is 35.5 Å². The average Bonchev–Trinajstić information content (AvgIpc) is 2.44. The van der Waals surface area contributed by atoms with Crippen molar-refractivity contribution in [2.75, 3.05) is 0 Å². The lowest BCUT2D eigenvalue weighted by atomic mass is 9.44. The van der Waals surface area contributed by atoms with Gasteiger partial charge in [-0.3, -0.25) is 4.79 Å². The molecule has 2 spiro atoms. The van der Waals surface area contributed by atoms with Crippen LogP contribution in [0.1, 0.15) is 51.9 Å². The zero-order valence-electron chi connectivity index (χ0n) is 9.75. The third kappa shape index (κ3) is 0.784. The smallest absolute Gasteiger partial charge is 0.317 e. The molecule has 0 aromatic carbocycles. The predicted molar refractivity (Wildman–Crippen MR) is 56.6 cm³/mol. The van der Waals surface area contributed by atoms with Crippen LogP contribution in [-0.2, 0) is 14.3 Å². The summed E-state index contributed by atoms with van der Waals surface area (Å²) in [7, 11) is 0. The maximum atomic E-state index is 12.4. The lowest BCUT2D eigenvalue weighted by molar-refractivity contribution is -0.367. The van der Waals surface area contributed by atoms with Crippen LogP contribution < -0.4 is 0 Å². The Labute approximate surface area is 95.5 Å². The van der Waals surface area contributed by atoms with Crippen LogP contribution in [0.3, 0.4) is 0 Å². The van der Waals surface area contributed by atoms with E-state index in [-0.39, 0.29) is 17.0 Å². The largest absolute Gasteiger partial charge is 0.433 e. The second-order valence-corrected chi connectivity index (χ2v) is 6.24. The van der Waals surface area contributed by atoms with E-state index in [1.165, 1.54) is 6.42 Å². The van der Waals surface area contributed by atoms with Crippen LogP contribution in [0.15, 0.2) is 0 Å². The first-order valence-electron chi connectivity index (χ1n) is 6.54. The van der Waals surface area contributed by atoms with Crippen molar-refractivity contribution in [3.8, 4) is 0 Å².